The fraction of sp³-hybridized carbons (Fsp3) is 0.286. The summed E-state index contributed by atoms with van der Waals surface area (Å²) >= 11 is 1.15. The molecule has 2 heterocycles. The van der Waals surface area contributed by atoms with Gasteiger partial charge in [-0.1, -0.05) is 60.7 Å². The van der Waals surface area contributed by atoms with E-state index in [0.717, 1.165) is 27.1 Å². The number of primary amides is 1. The minimum absolute atomic E-state index is 0. The fourth-order valence-electron chi connectivity index (χ4n) is 4.52. The zero-order valence-corrected chi connectivity index (χ0v) is 26.3. The van der Waals surface area contributed by atoms with Crippen LogP contribution in [0.5, 0.6) is 0 Å². The van der Waals surface area contributed by atoms with Crippen LogP contribution >= 0.6 is 11.8 Å². The van der Waals surface area contributed by atoms with Gasteiger partial charge >= 0.3 is 41.7 Å². The number of rotatable bonds is 10. The van der Waals surface area contributed by atoms with E-state index in [9.17, 15) is 33.9 Å². The van der Waals surface area contributed by atoms with Gasteiger partial charge < -0.3 is 31.0 Å². The molecule has 15 heteroatoms. The number of thioether (sulfide) groups is 1. The Hall–Kier alpha value is -3.85. The smallest absolute Gasteiger partial charge is 0.543 e. The Morgan fingerprint density at radius 2 is 1.72 bits per heavy atom. The molecular weight excluding hydrogens is 589 g/mol. The summed E-state index contributed by atoms with van der Waals surface area (Å²) in [4.78, 5) is 76.8. The monoisotopic (exact) mass is 617 g/mol. The first-order valence-electron chi connectivity index (χ1n) is 12.8. The summed E-state index contributed by atoms with van der Waals surface area (Å²) in [5.74, 6) is -3.48. The van der Waals surface area contributed by atoms with E-state index < -0.39 is 65.6 Å². The first kappa shape index (κ1) is 33.6. The van der Waals surface area contributed by atoms with Gasteiger partial charge in [0.15, 0.2) is 0 Å². The van der Waals surface area contributed by atoms with Gasteiger partial charge in [0.2, 0.25) is 11.8 Å². The number of hydrogen-bond donors (Lipinski definition) is 3. The van der Waals surface area contributed by atoms with E-state index in [2.05, 4.69) is 15.4 Å². The van der Waals surface area contributed by atoms with Gasteiger partial charge in [-0.05, 0) is 17.5 Å². The van der Waals surface area contributed by atoms with Crippen LogP contribution in [0.25, 0.3) is 0 Å². The van der Waals surface area contributed by atoms with Crippen LogP contribution in [-0.2, 0) is 30.3 Å². The van der Waals surface area contributed by atoms with Gasteiger partial charge in [0.25, 0.3) is 5.91 Å². The van der Waals surface area contributed by atoms with E-state index in [1.54, 1.807) is 30.3 Å². The van der Waals surface area contributed by atoms with Gasteiger partial charge in [-0.15, -0.1) is 11.8 Å². The van der Waals surface area contributed by atoms with Crippen LogP contribution in [0.15, 0.2) is 71.9 Å². The molecule has 2 aromatic rings. The standard InChI is InChI=1S/C28H29N5O8S.Na/c1-32(19(34)13-12-16-8-4-2-5-9-16)28(40)31-20(17-10-6-3-7-11-17)23(35)30-21-24(36)33-22(26(37)38)18(14-41-27(29)39)15-42-25(21)33;/h2-11,20-21,25H,12-15H2,1H3,(H2,29,39)(H,30,35)(H,31,40)(H,37,38);/q;+1/p-1/t20?,21?,25-;/m1./s1. The molecule has 43 heavy (non-hydrogen) atoms. The van der Waals surface area contributed by atoms with Crippen molar-refractivity contribution >= 4 is 47.6 Å². The molecular formula is C28H28N5NaO8S. The Labute approximate surface area is 273 Å². The molecule has 3 atom stereocenters. The van der Waals surface area contributed by atoms with E-state index in [1.165, 1.54) is 7.05 Å². The molecule has 0 aromatic heterocycles. The maximum absolute atomic E-state index is 13.4. The van der Waals surface area contributed by atoms with Crippen molar-refractivity contribution in [2.24, 2.45) is 5.73 Å². The first-order chi connectivity index (χ1) is 20.1. The average molecular weight is 618 g/mol. The maximum atomic E-state index is 13.4. The van der Waals surface area contributed by atoms with Crippen LogP contribution in [-0.4, -0.2) is 76.4 Å². The fourth-order valence-corrected chi connectivity index (χ4v) is 5.85. The number of hydrogen-bond acceptors (Lipinski definition) is 9. The van der Waals surface area contributed by atoms with Crippen LogP contribution in [0.3, 0.4) is 0 Å². The number of carboxylic acids is 1. The summed E-state index contributed by atoms with van der Waals surface area (Å²) in [6.45, 7) is -0.432. The largest absolute Gasteiger partial charge is 1.00 e. The molecule has 13 nitrogen and oxygen atoms in total. The number of nitrogens with one attached hydrogen (secondary N) is 2. The van der Waals surface area contributed by atoms with E-state index >= 15 is 0 Å². The molecule has 0 saturated carbocycles. The number of amides is 6. The third-order valence-electron chi connectivity index (χ3n) is 6.74. The first-order valence-corrected chi connectivity index (χ1v) is 13.9. The molecule has 1 fully saturated rings. The Balaban J connectivity index is 0.00000506. The number of carbonyl (C=O) groups is 6. The second-order valence-electron chi connectivity index (χ2n) is 9.47. The van der Waals surface area contributed by atoms with Crippen molar-refractivity contribution in [2.45, 2.75) is 30.3 Å². The summed E-state index contributed by atoms with van der Waals surface area (Å²) in [5.41, 5.74) is 5.98. The number of ether oxygens (including phenoxy) is 1. The van der Waals surface area contributed by atoms with E-state index in [4.69, 9.17) is 5.73 Å². The van der Waals surface area contributed by atoms with Gasteiger partial charge in [-0.2, -0.15) is 0 Å². The minimum Gasteiger partial charge on any atom is -0.543 e. The zero-order chi connectivity index (χ0) is 30.4. The molecule has 4 rings (SSSR count). The maximum Gasteiger partial charge on any atom is 1.00 e. The summed E-state index contributed by atoms with van der Waals surface area (Å²) in [5, 5.41) is 16.2. The second kappa shape index (κ2) is 15.0. The predicted octanol–water partition coefficient (Wildman–Crippen LogP) is -2.97. The van der Waals surface area contributed by atoms with Crippen molar-refractivity contribution in [3.05, 3.63) is 83.1 Å². The number of nitrogens with two attached hydrogens (primary N) is 1. The number of fused-ring (bicyclic) bond motifs is 1. The van der Waals surface area contributed by atoms with Crippen LogP contribution in [0.1, 0.15) is 23.6 Å². The van der Waals surface area contributed by atoms with Gasteiger partial charge in [0.05, 0.1) is 11.7 Å². The van der Waals surface area contributed by atoms with Crippen molar-refractivity contribution < 1.29 is 68.2 Å². The summed E-state index contributed by atoms with van der Waals surface area (Å²) in [6.07, 6.45) is -0.606. The quantitative estimate of drug-likeness (QED) is 0.185. The number of urea groups is 1. The number of imide groups is 1. The van der Waals surface area contributed by atoms with Crippen LogP contribution < -0.4 is 51.0 Å². The predicted molar refractivity (Wildman–Crippen MR) is 148 cm³/mol. The van der Waals surface area contributed by atoms with E-state index in [0.29, 0.717) is 12.0 Å². The van der Waals surface area contributed by atoms with Crippen LogP contribution in [0.4, 0.5) is 9.59 Å². The molecule has 0 spiro atoms. The summed E-state index contributed by atoms with van der Waals surface area (Å²) in [6, 6.07) is 14.4. The second-order valence-corrected chi connectivity index (χ2v) is 10.6. The van der Waals surface area contributed by atoms with Gasteiger partial charge in [0.1, 0.15) is 24.1 Å². The molecule has 1 saturated heterocycles. The molecule has 0 bridgehead atoms. The Kier molecular flexibility index (Phi) is 11.8. The van der Waals surface area contributed by atoms with Crippen LogP contribution in [0, 0.1) is 0 Å². The molecule has 6 amide bonds. The van der Waals surface area contributed by atoms with Crippen molar-refractivity contribution in [2.75, 3.05) is 19.4 Å². The van der Waals surface area contributed by atoms with Crippen LogP contribution in [0.2, 0.25) is 0 Å². The molecule has 220 valence electrons. The van der Waals surface area contributed by atoms with Crippen molar-refractivity contribution in [1.82, 2.24) is 20.4 Å². The topological polar surface area (TPSA) is 191 Å². The van der Waals surface area contributed by atoms with E-state index in [1.807, 2.05) is 30.3 Å². The van der Waals surface area contributed by atoms with Crippen molar-refractivity contribution in [3.8, 4) is 0 Å². The number of carboxylic acid groups (broad SMARTS) is 1. The van der Waals surface area contributed by atoms with E-state index in [-0.39, 0.29) is 47.3 Å². The molecule has 2 aliphatic heterocycles. The number of nitrogens with zero attached hydrogens (tertiary/aromatic N) is 2. The van der Waals surface area contributed by atoms with Gasteiger partial charge in [-0.25, -0.2) is 9.59 Å². The molecule has 4 N–H and O–H groups in total. The average Bonchev–Trinajstić information content (AvgIpc) is 2.99. The number of β-lactam (4-membered cyclic amide) rings is 1. The van der Waals surface area contributed by atoms with Crippen molar-refractivity contribution in [3.63, 3.8) is 0 Å². The third-order valence-corrected chi connectivity index (χ3v) is 8.08. The number of carbonyl (C=O) groups excluding carboxylic acids is 6. The number of aliphatic carboxylic acids is 1. The summed E-state index contributed by atoms with van der Waals surface area (Å²) < 4.78 is 4.69. The Morgan fingerprint density at radius 3 is 2.33 bits per heavy atom. The molecule has 2 aliphatic rings. The molecule has 2 aromatic carbocycles. The zero-order valence-electron chi connectivity index (χ0n) is 23.5. The minimum atomic E-state index is -1.64. The normalized spacial score (nSPS) is 17.8. The molecule has 2 unspecified atom stereocenters. The molecule has 0 radical (unpaired) electrons. The third kappa shape index (κ3) is 7.96. The van der Waals surface area contributed by atoms with Crippen molar-refractivity contribution in [1.29, 1.82) is 0 Å². The number of benzene rings is 2. The SMILES string of the molecule is CN(C(=O)CCc1ccccc1)C(=O)NC(C(=O)NC1C(=O)N2C(C(=O)[O-])=C(COC(N)=O)CS[C@H]12)c1ccccc1.[Na+]. The summed E-state index contributed by atoms with van der Waals surface area (Å²) in [7, 11) is 1.31. The van der Waals surface area contributed by atoms with Gasteiger partial charge in [-0.3, -0.25) is 24.2 Å². The number of aryl methyl sites for hydroxylation is 1. The molecule has 0 aliphatic carbocycles. The Morgan fingerprint density at radius 1 is 1.09 bits per heavy atom. The van der Waals surface area contributed by atoms with Gasteiger partial charge in [0, 0.05) is 24.8 Å². The Bertz CT molecular complexity index is 1420.